The SMILES string of the molecule is CCOC(=O)c1c(C)nsc1Oc1cc(C)c(/N=C/N(C)CC)cc1C. The molecule has 0 spiro atoms. The summed E-state index contributed by atoms with van der Waals surface area (Å²) in [4.78, 5) is 18.7. The van der Waals surface area contributed by atoms with Crippen LogP contribution in [-0.2, 0) is 4.74 Å². The number of aromatic nitrogens is 1. The van der Waals surface area contributed by atoms with Gasteiger partial charge in [-0.1, -0.05) is 0 Å². The molecule has 0 saturated carbocycles. The monoisotopic (exact) mass is 375 g/mol. The van der Waals surface area contributed by atoms with Crippen molar-refractivity contribution in [1.82, 2.24) is 9.27 Å². The second-order valence-electron chi connectivity index (χ2n) is 5.97. The average molecular weight is 375 g/mol. The van der Waals surface area contributed by atoms with Crippen LogP contribution < -0.4 is 4.74 Å². The van der Waals surface area contributed by atoms with Gasteiger partial charge in [0.05, 0.1) is 24.3 Å². The van der Waals surface area contributed by atoms with Crippen LogP contribution in [0.2, 0.25) is 0 Å². The second-order valence-corrected chi connectivity index (χ2v) is 6.71. The van der Waals surface area contributed by atoms with Gasteiger partial charge in [-0.3, -0.25) is 0 Å². The zero-order chi connectivity index (χ0) is 19.3. The van der Waals surface area contributed by atoms with Crippen LogP contribution in [0, 0.1) is 20.8 Å². The summed E-state index contributed by atoms with van der Waals surface area (Å²) in [7, 11) is 1.98. The van der Waals surface area contributed by atoms with E-state index in [1.165, 1.54) is 0 Å². The Hall–Kier alpha value is -2.41. The molecule has 1 heterocycles. The van der Waals surface area contributed by atoms with Crippen LogP contribution in [0.15, 0.2) is 17.1 Å². The van der Waals surface area contributed by atoms with Gasteiger partial charge >= 0.3 is 5.97 Å². The van der Waals surface area contributed by atoms with Crippen molar-refractivity contribution in [3.05, 3.63) is 34.5 Å². The predicted octanol–water partition coefficient (Wildman–Crippen LogP) is 4.65. The molecule has 0 aliphatic heterocycles. The first kappa shape index (κ1) is 19.9. The molecule has 0 atom stereocenters. The largest absolute Gasteiger partial charge is 0.462 e. The molecule has 6 nitrogen and oxygen atoms in total. The molecule has 0 saturated heterocycles. The van der Waals surface area contributed by atoms with E-state index in [0.717, 1.165) is 34.9 Å². The van der Waals surface area contributed by atoms with Gasteiger partial charge in [-0.15, -0.1) is 0 Å². The van der Waals surface area contributed by atoms with Gasteiger partial charge in [-0.05, 0) is 57.9 Å². The quantitative estimate of drug-likeness (QED) is 0.400. The van der Waals surface area contributed by atoms with E-state index in [1.54, 1.807) is 13.8 Å². The van der Waals surface area contributed by atoms with Gasteiger partial charge in [0.2, 0.25) is 5.06 Å². The van der Waals surface area contributed by atoms with Crippen LogP contribution in [0.1, 0.15) is 41.0 Å². The van der Waals surface area contributed by atoms with E-state index in [2.05, 4.69) is 16.3 Å². The third-order valence-corrected chi connectivity index (χ3v) is 4.72. The Morgan fingerprint density at radius 2 is 2.00 bits per heavy atom. The molecule has 2 rings (SSSR count). The summed E-state index contributed by atoms with van der Waals surface area (Å²) in [5.74, 6) is 0.270. The van der Waals surface area contributed by atoms with Gasteiger partial charge < -0.3 is 14.4 Å². The summed E-state index contributed by atoms with van der Waals surface area (Å²) in [6.07, 6.45) is 1.81. The smallest absolute Gasteiger partial charge is 0.344 e. The molecule has 0 amide bonds. The summed E-state index contributed by atoms with van der Waals surface area (Å²) < 4.78 is 15.3. The van der Waals surface area contributed by atoms with Crippen molar-refractivity contribution < 1.29 is 14.3 Å². The Labute approximate surface area is 158 Å². The van der Waals surface area contributed by atoms with Crippen molar-refractivity contribution in [2.45, 2.75) is 34.6 Å². The van der Waals surface area contributed by atoms with Gasteiger partial charge in [-0.2, -0.15) is 4.37 Å². The van der Waals surface area contributed by atoms with Crippen LogP contribution in [-0.4, -0.2) is 41.8 Å². The maximum Gasteiger partial charge on any atom is 0.344 e. The van der Waals surface area contributed by atoms with Gasteiger partial charge in [0.15, 0.2) is 0 Å². The van der Waals surface area contributed by atoms with E-state index in [9.17, 15) is 4.79 Å². The van der Waals surface area contributed by atoms with E-state index in [0.29, 0.717) is 28.7 Å². The molecule has 2 aromatic rings. The fourth-order valence-corrected chi connectivity index (χ4v) is 2.98. The lowest BCUT2D eigenvalue weighted by molar-refractivity contribution is 0.0523. The van der Waals surface area contributed by atoms with Gasteiger partial charge in [0.1, 0.15) is 11.3 Å². The van der Waals surface area contributed by atoms with Crippen LogP contribution in [0.25, 0.3) is 0 Å². The molecule has 0 N–H and O–H groups in total. The molecule has 7 heteroatoms. The number of carbonyl (C=O) groups is 1. The third-order valence-electron chi connectivity index (χ3n) is 3.90. The minimum absolute atomic E-state index is 0.310. The Morgan fingerprint density at radius 1 is 1.27 bits per heavy atom. The van der Waals surface area contributed by atoms with Crippen molar-refractivity contribution in [2.24, 2.45) is 4.99 Å². The molecule has 0 fully saturated rings. The van der Waals surface area contributed by atoms with Gasteiger partial charge in [0, 0.05) is 25.1 Å². The Bertz CT molecular complexity index is 815. The van der Waals surface area contributed by atoms with Crippen LogP contribution >= 0.6 is 11.5 Å². The van der Waals surface area contributed by atoms with Gasteiger partial charge in [-0.25, -0.2) is 9.79 Å². The Kier molecular flexibility index (Phi) is 6.74. The topological polar surface area (TPSA) is 64.0 Å². The van der Waals surface area contributed by atoms with Crippen molar-refractivity contribution in [1.29, 1.82) is 0 Å². The number of nitrogens with zero attached hydrogens (tertiary/aromatic N) is 3. The van der Waals surface area contributed by atoms with Gasteiger partial charge in [0.25, 0.3) is 0 Å². The number of hydrogen-bond acceptors (Lipinski definition) is 6. The standard InChI is InChI=1S/C19H25N3O3S/c1-7-22(6)11-20-15-9-13(4)16(10-12(15)3)25-19-17(14(5)21-26-19)18(23)24-8-2/h9-11H,7-8H2,1-6H3/b20-11+. The molecule has 0 radical (unpaired) electrons. The highest BCUT2D eigenvalue weighted by atomic mass is 32.1. The summed E-state index contributed by atoms with van der Waals surface area (Å²) in [5, 5.41) is 0.449. The van der Waals surface area contributed by atoms with Crippen LogP contribution in [0.4, 0.5) is 5.69 Å². The molecule has 1 aromatic carbocycles. The molecule has 0 unspecified atom stereocenters. The fourth-order valence-electron chi connectivity index (χ4n) is 2.22. The van der Waals surface area contributed by atoms with E-state index in [-0.39, 0.29) is 0 Å². The maximum absolute atomic E-state index is 12.2. The number of rotatable bonds is 7. The van der Waals surface area contributed by atoms with Crippen molar-refractivity contribution in [3.63, 3.8) is 0 Å². The first-order valence-electron chi connectivity index (χ1n) is 8.54. The lowest BCUT2D eigenvalue weighted by Gasteiger charge is -2.12. The number of aliphatic imine (C=N–C) groups is 1. The zero-order valence-corrected chi connectivity index (χ0v) is 16.9. The molecule has 26 heavy (non-hydrogen) atoms. The number of aryl methyl sites for hydroxylation is 3. The molecule has 0 aliphatic rings. The summed E-state index contributed by atoms with van der Waals surface area (Å²) in [5.41, 5.74) is 3.82. The molecular formula is C19H25N3O3S. The first-order valence-corrected chi connectivity index (χ1v) is 9.31. The molecular weight excluding hydrogens is 350 g/mol. The summed E-state index contributed by atoms with van der Waals surface area (Å²) in [6, 6.07) is 3.90. The summed E-state index contributed by atoms with van der Waals surface area (Å²) >= 11 is 1.15. The average Bonchev–Trinajstić information content (AvgIpc) is 2.96. The minimum atomic E-state index is -0.410. The Morgan fingerprint density at radius 3 is 2.65 bits per heavy atom. The second kappa shape index (κ2) is 8.80. The van der Waals surface area contributed by atoms with E-state index < -0.39 is 5.97 Å². The zero-order valence-electron chi connectivity index (χ0n) is 16.1. The molecule has 0 aliphatic carbocycles. The third kappa shape index (κ3) is 4.60. The maximum atomic E-state index is 12.2. The fraction of sp³-hybridized carbons (Fsp3) is 0.421. The number of ether oxygens (including phenoxy) is 2. The van der Waals surface area contributed by atoms with E-state index >= 15 is 0 Å². The highest BCUT2D eigenvalue weighted by molar-refractivity contribution is 7.08. The predicted molar refractivity (Wildman–Crippen MR) is 105 cm³/mol. The lowest BCUT2D eigenvalue weighted by Crippen LogP contribution is -2.14. The highest BCUT2D eigenvalue weighted by Crippen LogP contribution is 2.36. The highest BCUT2D eigenvalue weighted by Gasteiger charge is 2.22. The van der Waals surface area contributed by atoms with E-state index in [4.69, 9.17) is 9.47 Å². The van der Waals surface area contributed by atoms with E-state index in [1.807, 2.05) is 44.3 Å². The normalized spacial score (nSPS) is 11.0. The summed E-state index contributed by atoms with van der Waals surface area (Å²) in [6.45, 7) is 10.8. The minimum Gasteiger partial charge on any atom is -0.462 e. The van der Waals surface area contributed by atoms with Crippen molar-refractivity contribution >= 4 is 29.5 Å². The van der Waals surface area contributed by atoms with Crippen LogP contribution in [0.5, 0.6) is 10.8 Å². The molecule has 140 valence electrons. The number of hydrogen-bond donors (Lipinski definition) is 0. The molecule has 0 bridgehead atoms. The molecule has 1 aromatic heterocycles. The van der Waals surface area contributed by atoms with Crippen molar-refractivity contribution in [2.75, 3.05) is 20.2 Å². The Balaban J connectivity index is 2.30. The number of carbonyl (C=O) groups excluding carboxylic acids is 1. The number of benzene rings is 1. The first-order chi connectivity index (χ1) is 12.4. The van der Waals surface area contributed by atoms with Crippen molar-refractivity contribution in [3.8, 4) is 10.8 Å². The lowest BCUT2D eigenvalue weighted by atomic mass is 10.1. The number of esters is 1. The van der Waals surface area contributed by atoms with Crippen LogP contribution in [0.3, 0.4) is 0 Å².